The third-order valence-electron chi connectivity index (χ3n) is 3.32. The number of nitrogens with one attached hydrogen (secondary N) is 1. The van der Waals surface area contributed by atoms with Gasteiger partial charge in [0.25, 0.3) is 0 Å². The lowest BCUT2D eigenvalue weighted by Gasteiger charge is -2.17. The maximum atomic E-state index is 4.39. The summed E-state index contributed by atoms with van der Waals surface area (Å²) in [5.74, 6) is 0.954. The van der Waals surface area contributed by atoms with E-state index in [9.17, 15) is 0 Å². The fourth-order valence-electron chi connectivity index (χ4n) is 2.22. The molecule has 0 saturated carbocycles. The summed E-state index contributed by atoms with van der Waals surface area (Å²) in [7, 11) is 0. The second kappa shape index (κ2) is 6.70. The normalized spacial score (nSPS) is 16.6. The van der Waals surface area contributed by atoms with Crippen LogP contribution in [0.15, 0.2) is 70.6 Å². The predicted octanol–water partition coefficient (Wildman–Crippen LogP) is 3.03. The molecule has 0 atom stereocenters. The van der Waals surface area contributed by atoms with E-state index < -0.39 is 0 Å². The van der Waals surface area contributed by atoms with Crippen LogP contribution in [0.25, 0.3) is 0 Å². The largest absolute Gasteiger partial charge is 0.286 e. The molecular formula is C17H18N4. The maximum absolute atomic E-state index is 4.39. The van der Waals surface area contributed by atoms with Crippen LogP contribution >= 0.6 is 0 Å². The number of anilines is 1. The van der Waals surface area contributed by atoms with E-state index in [-0.39, 0.29) is 0 Å². The molecule has 0 radical (unpaired) electrons. The van der Waals surface area contributed by atoms with Crippen LogP contribution in [0.4, 0.5) is 5.69 Å². The van der Waals surface area contributed by atoms with Crippen molar-refractivity contribution in [2.45, 2.75) is 13.0 Å². The molecule has 1 heterocycles. The number of para-hydroxylation sites is 1. The fraction of sp³-hybridized carbons (Fsp3) is 0.176. The molecule has 3 rings (SSSR count). The molecule has 1 N–H and O–H groups in total. The first-order valence-electron chi connectivity index (χ1n) is 7.10. The lowest BCUT2D eigenvalue weighted by molar-refractivity contribution is 0.858. The molecule has 2 aromatic rings. The van der Waals surface area contributed by atoms with Gasteiger partial charge in [0.2, 0.25) is 0 Å². The zero-order valence-electron chi connectivity index (χ0n) is 11.8. The standard InChI is InChI=1S/C17H18N4/c1-3-7-15(8-4-1)13-18-14-19-17-11-12-21(20-17)16-9-5-2-6-10-16/h1-10,14H,11-13H2,(H,18,19,20). The highest BCUT2D eigenvalue weighted by Gasteiger charge is 2.16. The number of benzene rings is 2. The van der Waals surface area contributed by atoms with Crippen molar-refractivity contribution in [3.05, 3.63) is 66.2 Å². The Hall–Kier alpha value is -2.62. The van der Waals surface area contributed by atoms with Crippen molar-refractivity contribution >= 4 is 17.9 Å². The van der Waals surface area contributed by atoms with E-state index in [1.54, 1.807) is 6.34 Å². The average molecular weight is 278 g/mol. The minimum absolute atomic E-state index is 0.667. The van der Waals surface area contributed by atoms with E-state index in [2.05, 4.69) is 44.7 Å². The van der Waals surface area contributed by atoms with Gasteiger partial charge in [0.1, 0.15) is 12.2 Å². The number of amidine groups is 1. The van der Waals surface area contributed by atoms with Gasteiger partial charge in [-0.2, -0.15) is 0 Å². The summed E-state index contributed by atoms with van der Waals surface area (Å²) in [6, 6.07) is 20.4. The molecule has 0 aromatic heterocycles. The number of rotatable bonds is 4. The van der Waals surface area contributed by atoms with Gasteiger partial charge >= 0.3 is 0 Å². The first-order chi connectivity index (χ1) is 10.4. The second-order valence-corrected chi connectivity index (χ2v) is 4.87. The molecule has 0 spiro atoms. The van der Waals surface area contributed by atoms with Crippen LogP contribution in [0, 0.1) is 0 Å². The van der Waals surface area contributed by atoms with E-state index in [1.807, 2.05) is 36.4 Å². The van der Waals surface area contributed by atoms with Gasteiger partial charge in [-0.25, -0.2) is 4.99 Å². The molecule has 0 bridgehead atoms. The minimum atomic E-state index is 0.667. The molecule has 1 fully saturated rings. The van der Waals surface area contributed by atoms with Crippen molar-refractivity contribution < 1.29 is 0 Å². The van der Waals surface area contributed by atoms with Crippen molar-refractivity contribution in [2.75, 3.05) is 11.6 Å². The molecule has 4 heteroatoms. The van der Waals surface area contributed by atoms with E-state index in [0.717, 1.165) is 24.5 Å². The Balaban J connectivity index is 1.54. The van der Waals surface area contributed by atoms with Crippen LogP contribution in [0.5, 0.6) is 0 Å². The van der Waals surface area contributed by atoms with Gasteiger partial charge in [-0.3, -0.25) is 15.4 Å². The number of nitrogens with zero attached hydrogens (tertiary/aromatic N) is 3. The predicted molar refractivity (Wildman–Crippen MR) is 87.6 cm³/mol. The molecule has 0 amide bonds. The third kappa shape index (κ3) is 3.69. The highest BCUT2D eigenvalue weighted by molar-refractivity contribution is 5.92. The van der Waals surface area contributed by atoms with E-state index in [0.29, 0.717) is 6.54 Å². The van der Waals surface area contributed by atoms with Crippen molar-refractivity contribution in [1.82, 2.24) is 5.43 Å². The van der Waals surface area contributed by atoms with Gasteiger partial charge in [-0.15, -0.1) is 0 Å². The summed E-state index contributed by atoms with van der Waals surface area (Å²) < 4.78 is 0. The summed E-state index contributed by atoms with van der Waals surface area (Å²) in [5, 5.41) is 2.10. The summed E-state index contributed by atoms with van der Waals surface area (Å²) in [4.78, 5) is 8.72. The number of aliphatic imine (C=N–C) groups is 2. The fourth-order valence-corrected chi connectivity index (χ4v) is 2.22. The van der Waals surface area contributed by atoms with E-state index in [1.165, 1.54) is 5.56 Å². The van der Waals surface area contributed by atoms with Crippen LogP contribution in [-0.2, 0) is 6.54 Å². The molecule has 0 unspecified atom stereocenters. The van der Waals surface area contributed by atoms with Gasteiger partial charge in [0, 0.05) is 13.0 Å². The Morgan fingerprint density at radius 1 is 1.00 bits per heavy atom. The summed E-state index contributed by atoms with van der Waals surface area (Å²) in [6.07, 6.45) is 2.55. The van der Waals surface area contributed by atoms with Gasteiger partial charge in [-0.05, 0) is 17.7 Å². The SMILES string of the molecule is C(=NCc1ccccc1)N=C1CCN(c2ccccc2)N1. The van der Waals surface area contributed by atoms with E-state index >= 15 is 0 Å². The third-order valence-corrected chi connectivity index (χ3v) is 3.32. The Morgan fingerprint density at radius 3 is 2.48 bits per heavy atom. The van der Waals surface area contributed by atoms with Crippen LogP contribution in [-0.4, -0.2) is 18.7 Å². The second-order valence-electron chi connectivity index (χ2n) is 4.87. The first-order valence-corrected chi connectivity index (χ1v) is 7.10. The lowest BCUT2D eigenvalue weighted by atomic mass is 10.2. The highest BCUT2D eigenvalue weighted by atomic mass is 15.5. The quantitative estimate of drug-likeness (QED) is 0.690. The molecule has 1 aliphatic rings. The van der Waals surface area contributed by atoms with Crippen LogP contribution in [0.3, 0.4) is 0 Å². The number of hydrogen-bond donors (Lipinski definition) is 1. The van der Waals surface area contributed by atoms with Crippen LogP contribution in [0.1, 0.15) is 12.0 Å². The molecule has 106 valence electrons. The zero-order valence-corrected chi connectivity index (χ0v) is 11.8. The highest BCUT2D eigenvalue weighted by Crippen LogP contribution is 2.14. The van der Waals surface area contributed by atoms with E-state index in [4.69, 9.17) is 0 Å². The topological polar surface area (TPSA) is 40.0 Å². The molecular weight excluding hydrogens is 260 g/mol. The minimum Gasteiger partial charge on any atom is -0.286 e. The molecule has 1 aliphatic heterocycles. The lowest BCUT2D eigenvalue weighted by Crippen LogP contribution is -2.33. The Bertz CT molecular complexity index is 620. The molecule has 2 aromatic carbocycles. The van der Waals surface area contributed by atoms with Gasteiger partial charge in [0.05, 0.1) is 12.2 Å². The summed E-state index contributed by atoms with van der Waals surface area (Å²) in [5.41, 5.74) is 5.65. The molecule has 0 aliphatic carbocycles. The van der Waals surface area contributed by atoms with Gasteiger partial charge < -0.3 is 0 Å². The Kier molecular flexibility index (Phi) is 4.27. The van der Waals surface area contributed by atoms with Crippen LogP contribution in [0.2, 0.25) is 0 Å². The van der Waals surface area contributed by atoms with Crippen molar-refractivity contribution in [3.63, 3.8) is 0 Å². The Labute approximate surface area is 124 Å². The molecule has 4 nitrogen and oxygen atoms in total. The number of hydrazine groups is 1. The first kappa shape index (κ1) is 13.4. The maximum Gasteiger partial charge on any atom is 0.124 e. The van der Waals surface area contributed by atoms with Crippen molar-refractivity contribution in [1.29, 1.82) is 0 Å². The number of hydrogen-bond acceptors (Lipinski definition) is 2. The van der Waals surface area contributed by atoms with Gasteiger partial charge in [0.15, 0.2) is 0 Å². The van der Waals surface area contributed by atoms with Crippen molar-refractivity contribution in [3.8, 4) is 0 Å². The summed E-state index contributed by atoms with van der Waals surface area (Å²) >= 11 is 0. The molecule has 1 saturated heterocycles. The van der Waals surface area contributed by atoms with Crippen molar-refractivity contribution in [2.24, 2.45) is 9.98 Å². The zero-order chi connectivity index (χ0) is 14.3. The molecule has 21 heavy (non-hydrogen) atoms. The Morgan fingerprint density at radius 2 is 1.71 bits per heavy atom. The summed E-state index contributed by atoms with van der Waals surface area (Å²) in [6.45, 7) is 1.59. The van der Waals surface area contributed by atoms with Gasteiger partial charge in [-0.1, -0.05) is 48.5 Å². The average Bonchev–Trinajstić information content (AvgIpc) is 3.02. The van der Waals surface area contributed by atoms with Crippen LogP contribution < -0.4 is 10.4 Å². The smallest absolute Gasteiger partial charge is 0.124 e. The monoisotopic (exact) mass is 278 g/mol.